The maximum Gasteiger partial charge on any atom is 0.239 e. The molecule has 1 unspecified atom stereocenters. The number of carbonyl (C=O) groups is 2. The standard InChI is InChI=1S/C18H32N4O2.2ClH/c23-17(21-9-5-1-2-6-10-21)15-20-11-13-22(14-12-20)18(24)16-7-3-4-8-19-16;;/h16,19H,1-15H2;2*1H. The number of carbonyl (C=O) groups excluding carboxylic acids is 2. The van der Waals surface area contributed by atoms with Gasteiger partial charge in [0.05, 0.1) is 12.6 Å². The lowest BCUT2D eigenvalue weighted by molar-refractivity contribution is -0.137. The number of piperidine rings is 1. The molecule has 26 heavy (non-hydrogen) atoms. The minimum absolute atomic E-state index is 0. The molecule has 1 N–H and O–H groups in total. The molecule has 2 amide bonds. The average molecular weight is 409 g/mol. The number of halogens is 2. The second kappa shape index (κ2) is 12.0. The van der Waals surface area contributed by atoms with Crippen molar-refractivity contribution in [2.24, 2.45) is 0 Å². The molecule has 0 radical (unpaired) electrons. The Balaban J connectivity index is 0.00000169. The van der Waals surface area contributed by atoms with E-state index in [9.17, 15) is 9.59 Å². The van der Waals surface area contributed by atoms with E-state index in [1.165, 1.54) is 19.3 Å². The van der Waals surface area contributed by atoms with E-state index in [2.05, 4.69) is 10.2 Å². The highest BCUT2D eigenvalue weighted by Gasteiger charge is 2.29. The lowest BCUT2D eigenvalue weighted by Crippen LogP contribution is -2.56. The van der Waals surface area contributed by atoms with Crippen LogP contribution in [0.2, 0.25) is 0 Å². The SMILES string of the molecule is Cl.Cl.O=C(CN1CCN(C(=O)C2CCCCN2)CC1)N1CCCCCC1. The predicted octanol–water partition coefficient (Wildman–Crippen LogP) is 1.52. The van der Waals surface area contributed by atoms with Gasteiger partial charge >= 0.3 is 0 Å². The van der Waals surface area contributed by atoms with Crippen molar-refractivity contribution in [2.75, 3.05) is 52.4 Å². The van der Waals surface area contributed by atoms with Gasteiger partial charge in [-0.3, -0.25) is 14.5 Å². The van der Waals surface area contributed by atoms with Crippen molar-refractivity contribution in [3.63, 3.8) is 0 Å². The molecule has 0 bridgehead atoms. The first-order chi connectivity index (χ1) is 11.7. The summed E-state index contributed by atoms with van der Waals surface area (Å²) in [5.41, 5.74) is 0. The average Bonchev–Trinajstić information content (AvgIpc) is 2.92. The summed E-state index contributed by atoms with van der Waals surface area (Å²) in [7, 11) is 0. The van der Waals surface area contributed by atoms with Crippen LogP contribution in [0.25, 0.3) is 0 Å². The number of rotatable bonds is 3. The molecular weight excluding hydrogens is 375 g/mol. The molecule has 152 valence electrons. The van der Waals surface area contributed by atoms with E-state index in [4.69, 9.17) is 0 Å². The quantitative estimate of drug-likeness (QED) is 0.768. The summed E-state index contributed by atoms with van der Waals surface area (Å²) in [4.78, 5) is 31.2. The van der Waals surface area contributed by atoms with Crippen molar-refractivity contribution < 1.29 is 9.59 Å². The Bertz CT molecular complexity index is 431. The second-order valence-electron chi connectivity index (χ2n) is 7.40. The van der Waals surface area contributed by atoms with Crippen LogP contribution in [-0.4, -0.2) is 84.9 Å². The number of nitrogens with one attached hydrogen (secondary N) is 1. The number of amides is 2. The van der Waals surface area contributed by atoms with Crippen LogP contribution in [0.3, 0.4) is 0 Å². The van der Waals surface area contributed by atoms with E-state index in [0.29, 0.717) is 6.54 Å². The third kappa shape index (κ3) is 6.55. The zero-order valence-corrected chi connectivity index (χ0v) is 17.3. The van der Waals surface area contributed by atoms with Crippen molar-refractivity contribution in [1.82, 2.24) is 20.0 Å². The molecule has 0 aromatic heterocycles. The molecule has 3 saturated heterocycles. The second-order valence-corrected chi connectivity index (χ2v) is 7.40. The summed E-state index contributed by atoms with van der Waals surface area (Å²) in [5, 5.41) is 3.34. The lowest BCUT2D eigenvalue weighted by Gasteiger charge is -2.37. The van der Waals surface area contributed by atoms with Crippen molar-refractivity contribution in [3.8, 4) is 0 Å². The number of likely N-dealkylation sites (tertiary alicyclic amines) is 1. The molecule has 6 nitrogen and oxygen atoms in total. The third-order valence-electron chi connectivity index (χ3n) is 5.61. The normalized spacial score (nSPS) is 24.8. The van der Waals surface area contributed by atoms with Crippen LogP contribution in [0.15, 0.2) is 0 Å². The van der Waals surface area contributed by atoms with Gasteiger partial charge in [0.1, 0.15) is 0 Å². The van der Waals surface area contributed by atoms with E-state index in [0.717, 1.165) is 71.5 Å². The number of hydrogen-bond donors (Lipinski definition) is 1. The van der Waals surface area contributed by atoms with Crippen molar-refractivity contribution in [1.29, 1.82) is 0 Å². The molecule has 3 aliphatic rings. The topological polar surface area (TPSA) is 55.9 Å². The van der Waals surface area contributed by atoms with Crippen LogP contribution >= 0.6 is 24.8 Å². The number of nitrogens with zero attached hydrogens (tertiary/aromatic N) is 3. The van der Waals surface area contributed by atoms with Crippen LogP contribution in [-0.2, 0) is 9.59 Å². The maximum atomic E-state index is 12.5. The van der Waals surface area contributed by atoms with Gasteiger partial charge in [-0.2, -0.15) is 0 Å². The van der Waals surface area contributed by atoms with Crippen molar-refractivity contribution in [3.05, 3.63) is 0 Å². The highest BCUT2D eigenvalue weighted by molar-refractivity contribution is 5.85. The molecule has 0 aromatic rings. The maximum absolute atomic E-state index is 12.5. The first-order valence-electron chi connectivity index (χ1n) is 9.76. The largest absolute Gasteiger partial charge is 0.342 e. The van der Waals surface area contributed by atoms with E-state index < -0.39 is 0 Å². The molecule has 0 aromatic carbocycles. The molecule has 3 heterocycles. The van der Waals surface area contributed by atoms with Gasteiger partial charge in [0, 0.05) is 39.3 Å². The van der Waals surface area contributed by atoms with Crippen LogP contribution in [0.5, 0.6) is 0 Å². The Morgan fingerprint density at radius 3 is 2.00 bits per heavy atom. The van der Waals surface area contributed by atoms with Crippen LogP contribution < -0.4 is 5.32 Å². The van der Waals surface area contributed by atoms with Crippen molar-refractivity contribution in [2.45, 2.75) is 51.0 Å². The zero-order chi connectivity index (χ0) is 16.8. The molecule has 8 heteroatoms. The Morgan fingerprint density at radius 2 is 1.42 bits per heavy atom. The van der Waals surface area contributed by atoms with Crippen LogP contribution in [0, 0.1) is 0 Å². The summed E-state index contributed by atoms with van der Waals surface area (Å²) in [6.07, 6.45) is 8.07. The first-order valence-corrected chi connectivity index (χ1v) is 9.76. The molecule has 3 aliphatic heterocycles. The molecular formula is C18H34Cl2N4O2. The fraction of sp³-hybridized carbons (Fsp3) is 0.889. The number of piperazine rings is 1. The monoisotopic (exact) mass is 408 g/mol. The Hall–Kier alpha value is -0.560. The Kier molecular flexibility index (Phi) is 10.8. The smallest absolute Gasteiger partial charge is 0.239 e. The fourth-order valence-corrected chi connectivity index (χ4v) is 4.02. The minimum atomic E-state index is 0. The highest BCUT2D eigenvalue weighted by atomic mass is 35.5. The molecule has 3 rings (SSSR count). The van der Waals surface area contributed by atoms with Crippen LogP contribution in [0.4, 0.5) is 0 Å². The summed E-state index contributed by atoms with van der Waals surface area (Å²) in [5.74, 6) is 0.527. The fourth-order valence-electron chi connectivity index (χ4n) is 4.02. The molecule has 0 saturated carbocycles. The molecule has 0 aliphatic carbocycles. The Morgan fingerprint density at radius 1 is 0.769 bits per heavy atom. The summed E-state index contributed by atoms with van der Waals surface area (Å²) in [6.45, 7) is 6.46. The van der Waals surface area contributed by atoms with Gasteiger partial charge in [-0.1, -0.05) is 19.3 Å². The van der Waals surface area contributed by atoms with E-state index in [1.807, 2.05) is 9.80 Å². The third-order valence-corrected chi connectivity index (χ3v) is 5.61. The molecule has 0 spiro atoms. The van der Waals surface area contributed by atoms with Gasteiger partial charge in [-0.25, -0.2) is 0 Å². The minimum Gasteiger partial charge on any atom is -0.342 e. The van der Waals surface area contributed by atoms with Crippen molar-refractivity contribution >= 4 is 36.6 Å². The van der Waals surface area contributed by atoms with Gasteiger partial charge in [0.2, 0.25) is 11.8 Å². The molecule has 1 atom stereocenters. The lowest BCUT2D eigenvalue weighted by atomic mass is 10.0. The van der Waals surface area contributed by atoms with Gasteiger partial charge in [-0.05, 0) is 32.2 Å². The molecule has 3 fully saturated rings. The summed E-state index contributed by atoms with van der Waals surface area (Å²) in [6, 6.07) is 0.0176. The summed E-state index contributed by atoms with van der Waals surface area (Å²) >= 11 is 0. The van der Waals surface area contributed by atoms with Gasteiger partial charge in [-0.15, -0.1) is 24.8 Å². The highest BCUT2D eigenvalue weighted by Crippen LogP contribution is 2.13. The van der Waals surface area contributed by atoms with E-state index in [1.54, 1.807) is 0 Å². The zero-order valence-electron chi connectivity index (χ0n) is 15.7. The van der Waals surface area contributed by atoms with E-state index >= 15 is 0 Å². The van der Waals surface area contributed by atoms with Gasteiger partial charge in [0.25, 0.3) is 0 Å². The van der Waals surface area contributed by atoms with Crippen LogP contribution in [0.1, 0.15) is 44.9 Å². The Labute approximate surface area is 169 Å². The first kappa shape index (κ1) is 23.5. The predicted molar refractivity (Wildman–Crippen MR) is 108 cm³/mol. The van der Waals surface area contributed by atoms with E-state index in [-0.39, 0.29) is 42.7 Å². The van der Waals surface area contributed by atoms with Gasteiger partial charge < -0.3 is 15.1 Å². The summed E-state index contributed by atoms with van der Waals surface area (Å²) < 4.78 is 0. The number of hydrogen-bond acceptors (Lipinski definition) is 4. The van der Waals surface area contributed by atoms with Gasteiger partial charge in [0.15, 0.2) is 0 Å².